The number of nitrogens with one attached hydrogen (secondary N) is 2. The molecule has 1 amide bonds. The zero-order valence-electron chi connectivity index (χ0n) is 11.7. The summed E-state index contributed by atoms with van der Waals surface area (Å²) in [6.07, 6.45) is 1.42. The minimum atomic E-state index is 0.116. The van der Waals surface area contributed by atoms with Crippen LogP contribution in [0.5, 0.6) is 0 Å². The Labute approximate surface area is 119 Å². The zero-order chi connectivity index (χ0) is 13.8. The molecule has 0 bridgehead atoms. The first-order valence-corrected chi connectivity index (χ1v) is 7.28. The Balaban J connectivity index is 1.51. The molecule has 1 aromatic carbocycles. The summed E-state index contributed by atoms with van der Waals surface area (Å²) in [6.45, 7) is 5.72. The van der Waals surface area contributed by atoms with Crippen molar-refractivity contribution >= 4 is 17.3 Å². The van der Waals surface area contributed by atoms with Gasteiger partial charge in [-0.15, -0.1) is 0 Å². The highest BCUT2D eigenvalue weighted by molar-refractivity contribution is 5.94. The van der Waals surface area contributed by atoms with Crippen LogP contribution in [0.1, 0.15) is 12.0 Å². The molecule has 2 aliphatic heterocycles. The fourth-order valence-electron chi connectivity index (χ4n) is 2.68. The van der Waals surface area contributed by atoms with Gasteiger partial charge in [0.2, 0.25) is 5.91 Å². The summed E-state index contributed by atoms with van der Waals surface area (Å²) in [6, 6.07) is 6.17. The lowest BCUT2D eigenvalue weighted by Crippen LogP contribution is -2.39. The molecule has 0 aromatic heterocycles. The first-order valence-electron chi connectivity index (χ1n) is 7.28. The number of anilines is 2. The molecule has 1 fully saturated rings. The van der Waals surface area contributed by atoms with E-state index in [1.54, 1.807) is 0 Å². The van der Waals surface area contributed by atoms with Crippen LogP contribution in [0.25, 0.3) is 0 Å². The van der Waals surface area contributed by atoms with Crippen molar-refractivity contribution in [3.05, 3.63) is 23.8 Å². The van der Waals surface area contributed by atoms with E-state index in [9.17, 15) is 4.79 Å². The van der Waals surface area contributed by atoms with E-state index in [4.69, 9.17) is 4.74 Å². The highest BCUT2D eigenvalue weighted by Crippen LogP contribution is 2.25. The van der Waals surface area contributed by atoms with E-state index < -0.39 is 0 Å². The standard InChI is InChI=1S/C15H21N3O2/c19-15-4-1-12-11-13(2-3-14(12)17-15)16-5-6-18-7-9-20-10-8-18/h2-3,11,16H,1,4-10H2,(H,17,19). The quantitative estimate of drug-likeness (QED) is 0.870. The van der Waals surface area contributed by atoms with Gasteiger partial charge in [0, 0.05) is 44.0 Å². The minimum absolute atomic E-state index is 0.116. The van der Waals surface area contributed by atoms with Crippen LogP contribution in [0.3, 0.4) is 0 Å². The Kier molecular flexibility index (Phi) is 4.18. The first kappa shape index (κ1) is 13.4. The second-order valence-corrected chi connectivity index (χ2v) is 5.30. The smallest absolute Gasteiger partial charge is 0.224 e. The monoisotopic (exact) mass is 275 g/mol. The Morgan fingerprint density at radius 2 is 2.10 bits per heavy atom. The molecule has 2 heterocycles. The summed E-state index contributed by atoms with van der Waals surface area (Å²) in [5.74, 6) is 0.116. The van der Waals surface area contributed by atoms with Crippen molar-refractivity contribution in [1.29, 1.82) is 0 Å². The molecule has 1 aromatic rings. The van der Waals surface area contributed by atoms with Crippen molar-refractivity contribution in [2.45, 2.75) is 12.8 Å². The third kappa shape index (κ3) is 3.29. The summed E-state index contributed by atoms with van der Waals surface area (Å²) in [4.78, 5) is 13.7. The number of morpholine rings is 1. The molecule has 2 aliphatic rings. The maximum absolute atomic E-state index is 11.3. The van der Waals surface area contributed by atoms with Crippen LogP contribution in [0, 0.1) is 0 Å². The van der Waals surface area contributed by atoms with Gasteiger partial charge >= 0.3 is 0 Å². The van der Waals surface area contributed by atoms with E-state index in [1.165, 1.54) is 5.56 Å². The number of ether oxygens (including phenoxy) is 1. The van der Waals surface area contributed by atoms with Crippen LogP contribution in [0.4, 0.5) is 11.4 Å². The topological polar surface area (TPSA) is 53.6 Å². The van der Waals surface area contributed by atoms with Crippen molar-refractivity contribution in [1.82, 2.24) is 4.90 Å². The predicted molar refractivity (Wildman–Crippen MR) is 79.1 cm³/mol. The van der Waals surface area contributed by atoms with Gasteiger partial charge in [-0.25, -0.2) is 0 Å². The van der Waals surface area contributed by atoms with Gasteiger partial charge in [-0.3, -0.25) is 9.69 Å². The Hall–Kier alpha value is -1.59. The van der Waals surface area contributed by atoms with Crippen molar-refractivity contribution in [3.8, 4) is 0 Å². The number of amides is 1. The molecule has 0 spiro atoms. The molecule has 0 radical (unpaired) electrons. The molecule has 0 aliphatic carbocycles. The molecule has 0 atom stereocenters. The maximum Gasteiger partial charge on any atom is 0.224 e. The average Bonchev–Trinajstić information content (AvgIpc) is 2.48. The number of carbonyl (C=O) groups excluding carboxylic acids is 1. The second kappa shape index (κ2) is 6.24. The van der Waals surface area contributed by atoms with Crippen molar-refractivity contribution in [3.63, 3.8) is 0 Å². The number of hydrogen-bond donors (Lipinski definition) is 2. The van der Waals surface area contributed by atoms with E-state index in [2.05, 4.69) is 21.6 Å². The van der Waals surface area contributed by atoms with Crippen LogP contribution in [-0.2, 0) is 16.0 Å². The van der Waals surface area contributed by atoms with Gasteiger partial charge in [0.1, 0.15) is 0 Å². The summed E-state index contributed by atoms with van der Waals surface area (Å²) >= 11 is 0. The fourth-order valence-corrected chi connectivity index (χ4v) is 2.68. The predicted octanol–water partition coefficient (Wildman–Crippen LogP) is 1.32. The highest BCUT2D eigenvalue weighted by atomic mass is 16.5. The van der Waals surface area contributed by atoms with Crippen molar-refractivity contribution in [2.75, 3.05) is 50.0 Å². The van der Waals surface area contributed by atoms with Crippen molar-refractivity contribution < 1.29 is 9.53 Å². The van der Waals surface area contributed by atoms with Gasteiger partial charge in [-0.2, -0.15) is 0 Å². The average molecular weight is 275 g/mol. The third-order valence-electron chi connectivity index (χ3n) is 3.86. The molecule has 5 nitrogen and oxygen atoms in total. The molecule has 3 rings (SSSR count). The number of carbonyl (C=O) groups is 1. The first-order chi connectivity index (χ1) is 9.81. The number of aryl methyl sites for hydroxylation is 1. The lowest BCUT2D eigenvalue weighted by Gasteiger charge is -2.26. The Bertz CT molecular complexity index is 484. The fraction of sp³-hybridized carbons (Fsp3) is 0.533. The molecule has 0 saturated carbocycles. The van der Waals surface area contributed by atoms with Gasteiger partial charge < -0.3 is 15.4 Å². The van der Waals surface area contributed by atoms with E-state index in [-0.39, 0.29) is 5.91 Å². The number of nitrogens with zero attached hydrogens (tertiary/aromatic N) is 1. The van der Waals surface area contributed by atoms with E-state index in [0.717, 1.165) is 57.2 Å². The van der Waals surface area contributed by atoms with E-state index >= 15 is 0 Å². The molecule has 2 N–H and O–H groups in total. The van der Waals surface area contributed by atoms with Gasteiger partial charge in [-0.05, 0) is 30.2 Å². The van der Waals surface area contributed by atoms with Gasteiger partial charge in [0.05, 0.1) is 13.2 Å². The van der Waals surface area contributed by atoms with Gasteiger partial charge in [-0.1, -0.05) is 0 Å². The van der Waals surface area contributed by atoms with Gasteiger partial charge in [0.25, 0.3) is 0 Å². The van der Waals surface area contributed by atoms with Crippen LogP contribution in [0.2, 0.25) is 0 Å². The van der Waals surface area contributed by atoms with E-state index in [0.29, 0.717) is 6.42 Å². The number of hydrogen-bond acceptors (Lipinski definition) is 4. The zero-order valence-corrected chi connectivity index (χ0v) is 11.7. The molecule has 20 heavy (non-hydrogen) atoms. The van der Waals surface area contributed by atoms with Gasteiger partial charge in [0.15, 0.2) is 0 Å². The lowest BCUT2D eigenvalue weighted by atomic mass is 10.0. The summed E-state index contributed by atoms with van der Waals surface area (Å²) in [7, 11) is 0. The minimum Gasteiger partial charge on any atom is -0.384 e. The summed E-state index contributed by atoms with van der Waals surface area (Å²) in [5, 5.41) is 6.36. The maximum atomic E-state index is 11.3. The van der Waals surface area contributed by atoms with E-state index in [1.807, 2.05) is 12.1 Å². The number of benzene rings is 1. The Morgan fingerprint density at radius 3 is 2.95 bits per heavy atom. The third-order valence-corrected chi connectivity index (χ3v) is 3.86. The normalized spacial score (nSPS) is 19.3. The number of fused-ring (bicyclic) bond motifs is 1. The highest BCUT2D eigenvalue weighted by Gasteiger charge is 2.14. The van der Waals surface area contributed by atoms with Crippen molar-refractivity contribution in [2.24, 2.45) is 0 Å². The molecule has 5 heteroatoms. The summed E-state index contributed by atoms with van der Waals surface area (Å²) in [5.41, 5.74) is 3.31. The lowest BCUT2D eigenvalue weighted by molar-refractivity contribution is -0.116. The summed E-state index contributed by atoms with van der Waals surface area (Å²) < 4.78 is 5.34. The molecule has 1 saturated heterocycles. The molecular formula is C15H21N3O2. The Morgan fingerprint density at radius 1 is 1.25 bits per heavy atom. The largest absolute Gasteiger partial charge is 0.384 e. The molecule has 0 unspecified atom stereocenters. The SMILES string of the molecule is O=C1CCc2cc(NCCN3CCOCC3)ccc2N1. The second-order valence-electron chi connectivity index (χ2n) is 5.30. The molecule has 108 valence electrons. The molecular weight excluding hydrogens is 254 g/mol. The van der Waals surface area contributed by atoms with Crippen LogP contribution in [-0.4, -0.2) is 50.2 Å². The van der Waals surface area contributed by atoms with Crippen LogP contribution in [0.15, 0.2) is 18.2 Å². The number of rotatable bonds is 4. The van der Waals surface area contributed by atoms with Crippen LogP contribution >= 0.6 is 0 Å². The van der Waals surface area contributed by atoms with Crippen LogP contribution < -0.4 is 10.6 Å².